The molecule has 9 nitrogen and oxygen atoms in total. The topological polar surface area (TPSA) is 145 Å². The van der Waals surface area contributed by atoms with Crippen LogP contribution in [0.1, 0.15) is 57.8 Å². The molecular weight excluding hydrogens is 446 g/mol. The maximum absolute atomic E-state index is 12.8. The maximum Gasteiger partial charge on any atom is 0.305 e. The number of rotatable bonds is 14. The highest BCUT2D eigenvalue weighted by molar-refractivity contribution is 7.90. The van der Waals surface area contributed by atoms with Gasteiger partial charge in [-0.25, -0.2) is 13.1 Å². The molecule has 0 saturated heterocycles. The third-order valence-electron chi connectivity index (χ3n) is 5.71. The van der Waals surface area contributed by atoms with Crippen LogP contribution in [-0.2, 0) is 29.1 Å². The van der Waals surface area contributed by atoms with Crippen LogP contribution in [0.5, 0.6) is 0 Å². The summed E-state index contributed by atoms with van der Waals surface area (Å²) in [5.74, 6) is -1.57. The van der Waals surface area contributed by atoms with Gasteiger partial charge in [-0.2, -0.15) is 0 Å². The van der Waals surface area contributed by atoms with Gasteiger partial charge in [-0.15, -0.1) is 6.58 Å². The van der Waals surface area contributed by atoms with E-state index in [9.17, 15) is 22.8 Å². The van der Waals surface area contributed by atoms with Crippen molar-refractivity contribution in [2.24, 2.45) is 11.7 Å². The zero-order valence-corrected chi connectivity index (χ0v) is 19.8. The number of hydrogen-bond donors (Lipinski definition) is 3. The van der Waals surface area contributed by atoms with Crippen molar-refractivity contribution in [3.05, 3.63) is 36.9 Å². The van der Waals surface area contributed by atoms with E-state index < -0.39 is 21.5 Å². The lowest BCUT2D eigenvalue weighted by molar-refractivity contribution is -0.140. The predicted molar refractivity (Wildman–Crippen MR) is 125 cm³/mol. The van der Waals surface area contributed by atoms with Crippen LogP contribution < -0.4 is 15.8 Å². The van der Waals surface area contributed by atoms with Crippen LogP contribution in [0.4, 0.5) is 5.69 Å². The van der Waals surface area contributed by atoms with Crippen LogP contribution >= 0.6 is 0 Å². The van der Waals surface area contributed by atoms with Gasteiger partial charge >= 0.3 is 5.97 Å². The number of esters is 1. The summed E-state index contributed by atoms with van der Waals surface area (Å²) in [6, 6.07) is 5.90. The quantitative estimate of drug-likeness (QED) is 0.211. The first-order valence-electron chi connectivity index (χ1n) is 11.1. The predicted octanol–water partition coefficient (Wildman–Crippen LogP) is 2.63. The van der Waals surface area contributed by atoms with Gasteiger partial charge in [-0.1, -0.05) is 43.9 Å². The minimum Gasteiger partial charge on any atom is -0.469 e. The first kappa shape index (κ1) is 26.5. The molecule has 0 radical (unpaired) electrons. The number of nitrogens with two attached hydrogens (primary N) is 1. The van der Waals surface area contributed by atoms with Crippen molar-refractivity contribution >= 4 is 33.5 Å². The minimum absolute atomic E-state index is 0.104. The van der Waals surface area contributed by atoms with Crippen LogP contribution in [0, 0.1) is 5.92 Å². The Balaban J connectivity index is 1.81. The molecular formula is C23H33N3O6S. The van der Waals surface area contributed by atoms with Crippen LogP contribution in [0.3, 0.4) is 0 Å². The van der Waals surface area contributed by atoms with Crippen molar-refractivity contribution in [2.75, 3.05) is 12.4 Å². The Morgan fingerprint density at radius 2 is 1.73 bits per heavy atom. The van der Waals surface area contributed by atoms with E-state index >= 15 is 0 Å². The second kappa shape index (κ2) is 11.9. The molecule has 2 rings (SSSR count). The zero-order chi connectivity index (χ0) is 24.5. The average Bonchev–Trinajstić information content (AvgIpc) is 3.47. The summed E-state index contributed by atoms with van der Waals surface area (Å²) in [5, 5.41) is 2.63. The van der Waals surface area contributed by atoms with Crippen molar-refractivity contribution in [2.45, 2.75) is 68.2 Å². The van der Waals surface area contributed by atoms with Crippen LogP contribution in [-0.4, -0.2) is 38.9 Å². The summed E-state index contributed by atoms with van der Waals surface area (Å²) >= 11 is 0. The highest BCUT2D eigenvalue weighted by atomic mass is 32.2. The highest BCUT2D eigenvalue weighted by Crippen LogP contribution is 2.42. The molecule has 0 spiro atoms. The van der Waals surface area contributed by atoms with Crippen LogP contribution in [0.25, 0.3) is 0 Å². The lowest BCUT2D eigenvalue weighted by Crippen LogP contribution is -2.46. The summed E-state index contributed by atoms with van der Waals surface area (Å²) in [4.78, 5) is 35.5. The van der Waals surface area contributed by atoms with Crippen LogP contribution in [0.2, 0.25) is 0 Å². The highest BCUT2D eigenvalue weighted by Gasteiger charge is 2.56. The molecule has 0 heterocycles. The molecule has 1 aliphatic rings. The molecule has 33 heavy (non-hydrogen) atoms. The number of sulfonamides is 1. The van der Waals surface area contributed by atoms with E-state index in [4.69, 9.17) is 5.73 Å². The van der Waals surface area contributed by atoms with E-state index in [-0.39, 0.29) is 34.8 Å². The molecule has 4 N–H and O–H groups in total. The number of methoxy groups -OCH3 is 1. The smallest absolute Gasteiger partial charge is 0.305 e. The maximum atomic E-state index is 12.8. The monoisotopic (exact) mass is 479 g/mol. The lowest BCUT2D eigenvalue weighted by atomic mass is 10.1. The second-order valence-corrected chi connectivity index (χ2v) is 9.91. The molecule has 1 fully saturated rings. The first-order valence-corrected chi connectivity index (χ1v) is 12.6. The number of carbonyl (C=O) groups is 3. The Kier molecular flexibility index (Phi) is 9.60. The summed E-state index contributed by atoms with van der Waals surface area (Å²) < 4.78 is 32.2. The number of carbonyl (C=O) groups excluding carboxylic acids is 3. The average molecular weight is 480 g/mol. The summed E-state index contributed by atoms with van der Waals surface area (Å²) in [6.07, 6.45) is 7.66. The van der Waals surface area contributed by atoms with Crippen LogP contribution in [0.15, 0.2) is 41.8 Å². The zero-order valence-electron chi connectivity index (χ0n) is 19.0. The fourth-order valence-corrected chi connectivity index (χ4v) is 4.72. The number of benzene rings is 1. The largest absolute Gasteiger partial charge is 0.469 e. The van der Waals surface area contributed by atoms with Gasteiger partial charge in [0.1, 0.15) is 10.4 Å². The summed E-state index contributed by atoms with van der Waals surface area (Å²) in [5.41, 5.74) is 4.77. The molecule has 10 heteroatoms. The Hall–Kier alpha value is -2.72. The van der Waals surface area contributed by atoms with Gasteiger partial charge in [0, 0.05) is 18.8 Å². The number of hydrogen-bond acceptors (Lipinski definition) is 7. The fraction of sp³-hybridized carbons (Fsp3) is 0.522. The van der Waals surface area contributed by atoms with Gasteiger partial charge in [-0.3, -0.25) is 14.4 Å². The lowest BCUT2D eigenvalue weighted by Gasteiger charge is -2.15. The van der Waals surface area contributed by atoms with E-state index in [1.165, 1.54) is 31.4 Å². The fourth-order valence-electron chi connectivity index (χ4n) is 3.51. The van der Waals surface area contributed by atoms with Crippen molar-refractivity contribution in [1.82, 2.24) is 4.72 Å². The Morgan fingerprint density at radius 3 is 2.33 bits per heavy atom. The van der Waals surface area contributed by atoms with E-state index in [0.717, 1.165) is 32.1 Å². The summed E-state index contributed by atoms with van der Waals surface area (Å²) in [6.45, 7) is 3.59. The molecule has 1 aliphatic carbocycles. The second-order valence-electron chi connectivity index (χ2n) is 8.26. The normalized spacial score (nSPS) is 19.4. The first-order chi connectivity index (χ1) is 15.6. The molecule has 0 bridgehead atoms. The van der Waals surface area contributed by atoms with Gasteiger partial charge in [0.25, 0.3) is 15.9 Å². The molecule has 182 valence electrons. The minimum atomic E-state index is -4.22. The number of ether oxygens (including phenoxy) is 1. The van der Waals surface area contributed by atoms with Crippen molar-refractivity contribution in [3.8, 4) is 0 Å². The molecule has 0 unspecified atom stereocenters. The Labute approximate surface area is 195 Å². The standard InChI is InChI=1S/C23H33N3O6S/c1-3-17-16-23(17,24)22(29)26-33(30,31)19-13-11-10-12-18(19)25-20(27)14-8-6-4-5-7-9-15-21(28)32-2/h3,10-13,17H,1,4-9,14-16,24H2,2H3,(H,25,27)(H,26,29)/t17-,23-/m1/s1. The number of nitrogens with one attached hydrogen (secondary N) is 2. The summed E-state index contributed by atoms with van der Waals surface area (Å²) in [7, 11) is -2.84. The molecule has 1 saturated carbocycles. The molecule has 1 aromatic rings. The number of unbranched alkanes of at least 4 members (excludes halogenated alkanes) is 5. The van der Waals surface area contributed by atoms with Gasteiger partial charge in [0.05, 0.1) is 12.8 Å². The number of anilines is 1. The van der Waals surface area contributed by atoms with E-state index in [1.54, 1.807) is 6.07 Å². The number of para-hydroxylation sites is 1. The van der Waals surface area contributed by atoms with E-state index in [0.29, 0.717) is 19.3 Å². The third kappa shape index (κ3) is 7.68. The van der Waals surface area contributed by atoms with Gasteiger partial charge < -0.3 is 15.8 Å². The third-order valence-corrected chi connectivity index (χ3v) is 7.10. The molecule has 0 aliphatic heterocycles. The molecule has 0 aromatic heterocycles. The number of amides is 2. The SMILES string of the molecule is C=C[C@@H]1C[C@]1(N)C(=O)NS(=O)(=O)c1ccccc1NC(=O)CCCCCCCCC(=O)OC. The van der Waals surface area contributed by atoms with Gasteiger partial charge in [0.2, 0.25) is 5.91 Å². The van der Waals surface area contributed by atoms with Gasteiger partial charge in [0.15, 0.2) is 0 Å². The van der Waals surface area contributed by atoms with Crippen molar-refractivity contribution in [1.29, 1.82) is 0 Å². The molecule has 1 aromatic carbocycles. The van der Waals surface area contributed by atoms with Gasteiger partial charge in [-0.05, 0) is 31.4 Å². The molecule has 2 atom stereocenters. The Morgan fingerprint density at radius 1 is 1.12 bits per heavy atom. The van der Waals surface area contributed by atoms with E-state index in [2.05, 4.69) is 16.6 Å². The Bertz CT molecular complexity index is 978. The van der Waals surface area contributed by atoms with Crippen molar-refractivity contribution in [3.63, 3.8) is 0 Å². The molecule has 2 amide bonds. The van der Waals surface area contributed by atoms with E-state index in [1.807, 2.05) is 4.72 Å². The van der Waals surface area contributed by atoms with Crippen molar-refractivity contribution < 1.29 is 27.5 Å².